The van der Waals surface area contributed by atoms with Crippen LogP contribution in [0.1, 0.15) is 12.8 Å². The molecule has 0 bridgehead atoms. The Labute approximate surface area is 54.9 Å². The predicted molar refractivity (Wildman–Crippen MR) is 36.3 cm³/mol. The summed E-state index contributed by atoms with van der Waals surface area (Å²) in [6, 6.07) is 0. The molecule has 1 saturated carbocycles. The van der Waals surface area contributed by atoms with Gasteiger partial charge in [-0.3, -0.25) is 0 Å². The van der Waals surface area contributed by atoms with E-state index >= 15 is 0 Å². The van der Waals surface area contributed by atoms with Gasteiger partial charge in [-0.1, -0.05) is 0 Å². The summed E-state index contributed by atoms with van der Waals surface area (Å²) in [7, 11) is 11.8. The normalized spacial score (nSPS) is 22.7. The van der Waals surface area contributed by atoms with E-state index in [4.69, 9.17) is 20.0 Å². The molecule has 1 aliphatic carbocycles. The van der Waals surface area contributed by atoms with Crippen molar-refractivity contribution in [3.8, 4) is 0 Å². The van der Waals surface area contributed by atoms with E-state index < -0.39 is 11.4 Å². The molecule has 0 unspecified atom stereocenters. The second-order valence-corrected chi connectivity index (χ2v) is 17.1. The summed E-state index contributed by atoms with van der Waals surface area (Å²) >= 11 is -2.11. The molecule has 1 rings (SSSR count). The minimum atomic E-state index is -2.11. The third kappa shape index (κ3) is 1.82. The zero-order valence-corrected chi connectivity index (χ0v) is 7.86. The van der Waals surface area contributed by atoms with E-state index in [1.165, 1.54) is 12.8 Å². The average Bonchev–Trinajstić information content (AvgIpc) is 1.99. The maximum atomic E-state index is 5.88. The summed E-state index contributed by atoms with van der Waals surface area (Å²) in [5, 5.41) is 0. The molecule has 0 radical (unpaired) electrons. The van der Waals surface area contributed by atoms with Crippen molar-refractivity contribution < 1.29 is 0 Å². The second-order valence-electron chi connectivity index (χ2n) is 2.23. The van der Waals surface area contributed by atoms with Crippen LogP contribution >= 0.6 is 20.0 Å². The fourth-order valence-electron chi connectivity index (χ4n) is 0.590. The van der Waals surface area contributed by atoms with Gasteiger partial charge < -0.3 is 0 Å². The first-order chi connectivity index (χ1) is 3.11. The van der Waals surface area contributed by atoms with Gasteiger partial charge in [-0.05, 0) is 0 Å². The maximum absolute atomic E-state index is 5.88. The zero-order valence-electron chi connectivity index (χ0n) is 4.25. The van der Waals surface area contributed by atoms with Crippen LogP contribution in [0, 0.1) is 0 Å². The van der Waals surface area contributed by atoms with Crippen molar-refractivity contribution in [2.75, 3.05) is 0 Å². The molecule has 1 aliphatic rings. The standard InChI is InChI=1S/C4H8Cl2Ge/c1-7(5,6)4-2-3-4/h4H,2-3H2,1H3. The molecule has 0 aliphatic heterocycles. The molecule has 0 N–H and O–H groups in total. The van der Waals surface area contributed by atoms with Crippen LogP contribution < -0.4 is 0 Å². The molecule has 0 spiro atoms. The molecule has 0 amide bonds. The van der Waals surface area contributed by atoms with Gasteiger partial charge in [-0.2, -0.15) is 0 Å². The van der Waals surface area contributed by atoms with Gasteiger partial charge in [-0.25, -0.2) is 0 Å². The number of rotatable bonds is 1. The average molecular weight is 200 g/mol. The van der Waals surface area contributed by atoms with Crippen LogP contribution in [0.15, 0.2) is 0 Å². The van der Waals surface area contributed by atoms with Crippen molar-refractivity contribution in [2.24, 2.45) is 0 Å². The Kier molecular flexibility index (Phi) is 1.62. The third-order valence-electron chi connectivity index (χ3n) is 1.29. The minimum absolute atomic E-state index is 0.767. The number of hydrogen-bond acceptors (Lipinski definition) is 0. The van der Waals surface area contributed by atoms with Crippen LogP contribution in [0.25, 0.3) is 0 Å². The van der Waals surface area contributed by atoms with Crippen molar-refractivity contribution in [1.29, 1.82) is 0 Å². The Morgan fingerprint density at radius 1 is 1.43 bits per heavy atom. The molecule has 0 heterocycles. The molecule has 3 heteroatoms. The van der Waals surface area contributed by atoms with Crippen LogP contribution in [0.3, 0.4) is 0 Å². The van der Waals surface area contributed by atoms with Crippen molar-refractivity contribution in [1.82, 2.24) is 0 Å². The first kappa shape index (κ1) is 6.25. The fourth-order valence-corrected chi connectivity index (χ4v) is 5.33. The molecule has 0 aromatic rings. The summed E-state index contributed by atoms with van der Waals surface area (Å²) in [6.07, 6.45) is 2.59. The van der Waals surface area contributed by atoms with Crippen molar-refractivity contribution in [3.05, 3.63) is 0 Å². The first-order valence-corrected chi connectivity index (χ1v) is 11.3. The number of hydrogen-bond donors (Lipinski definition) is 0. The second kappa shape index (κ2) is 1.82. The van der Waals surface area contributed by atoms with Gasteiger partial charge in [0.15, 0.2) is 0 Å². The van der Waals surface area contributed by atoms with E-state index in [2.05, 4.69) is 0 Å². The Balaban J connectivity index is 2.36. The quantitative estimate of drug-likeness (QED) is 0.570. The van der Waals surface area contributed by atoms with Crippen molar-refractivity contribution in [2.45, 2.75) is 23.3 Å². The number of halogens is 2. The van der Waals surface area contributed by atoms with E-state index in [1.807, 2.05) is 5.76 Å². The first-order valence-electron chi connectivity index (χ1n) is 2.48. The van der Waals surface area contributed by atoms with Gasteiger partial charge in [0.2, 0.25) is 0 Å². The third-order valence-corrected chi connectivity index (χ3v) is 8.72. The van der Waals surface area contributed by atoms with Crippen LogP contribution in [-0.2, 0) is 0 Å². The summed E-state index contributed by atoms with van der Waals surface area (Å²) < 4.78 is 0.767. The summed E-state index contributed by atoms with van der Waals surface area (Å²) in [5.74, 6) is 2.04. The van der Waals surface area contributed by atoms with E-state index in [-0.39, 0.29) is 0 Å². The van der Waals surface area contributed by atoms with Gasteiger partial charge in [0.1, 0.15) is 0 Å². The van der Waals surface area contributed by atoms with E-state index in [1.54, 1.807) is 0 Å². The van der Waals surface area contributed by atoms with Crippen LogP contribution in [0.2, 0.25) is 10.5 Å². The molecule has 1 fully saturated rings. The Hall–Kier alpha value is 1.12. The predicted octanol–water partition coefficient (Wildman–Crippen LogP) is 2.70. The molecule has 0 nitrogen and oxygen atoms in total. The SMILES string of the molecule is [CH3][Ge]([Cl])([Cl])[CH]1CC1. The Morgan fingerprint density at radius 2 is 1.86 bits per heavy atom. The molecular weight excluding hydrogens is 192 g/mol. The topological polar surface area (TPSA) is 0 Å². The molecule has 42 valence electrons. The van der Waals surface area contributed by atoms with Gasteiger partial charge >= 0.3 is 54.8 Å². The molecule has 0 atom stereocenters. The molecular formula is C4H8Cl2Ge. The van der Waals surface area contributed by atoms with Crippen LogP contribution in [0.4, 0.5) is 0 Å². The van der Waals surface area contributed by atoms with E-state index in [0.717, 1.165) is 4.75 Å². The van der Waals surface area contributed by atoms with Crippen LogP contribution in [-0.4, -0.2) is 11.4 Å². The summed E-state index contributed by atoms with van der Waals surface area (Å²) in [6.45, 7) is 0. The van der Waals surface area contributed by atoms with Gasteiger partial charge in [0.25, 0.3) is 0 Å². The molecule has 0 saturated heterocycles. The summed E-state index contributed by atoms with van der Waals surface area (Å²) in [5.41, 5.74) is 0. The monoisotopic (exact) mass is 200 g/mol. The Morgan fingerprint density at radius 3 is 1.86 bits per heavy atom. The molecule has 7 heavy (non-hydrogen) atoms. The zero-order chi connectivity index (χ0) is 5.49. The molecule has 0 aromatic heterocycles. The summed E-state index contributed by atoms with van der Waals surface area (Å²) in [4.78, 5) is 0. The fraction of sp³-hybridized carbons (Fsp3) is 1.00. The van der Waals surface area contributed by atoms with Crippen LogP contribution in [0.5, 0.6) is 0 Å². The van der Waals surface area contributed by atoms with E-state index in [0.29, 0.717) is 0 Å². The van der Waals surface area contributed by atoms with Crippen molar-refractivity contribution in [3.63, 3.8) is 0 Å². The van der Waals surface area contributed by atoms with Gasteiger partial charge in [0, 0.05) is 0 Å². The van der Waals surface area contributed by atoms with Gasteiger partial charge in [-0.15, -0.1) is 0 Å². The van der Waals surface area contributed by atoms with Gasteiger partial charge in [0.05, 0.1) is 0 Å². The molecule has 0 aromatic carbocycles. The Bertz CT molecular complexity index is 72.2. The van der Waals surface area contributed by atoms with E-state index in [9.17, 15) is 0 Å². The van der Waals surface area contributed by atoms with Crippen molar-refractivity contribution >= 4 is 31.4 Å².